The van der Waals surface area contributed by atoms with Gasteiger partial charge in [-0.2, -0.15) is 5.11 Å². The number of para-hydroxylation sites is 1. The fraction of sp³-hybridized carbons (Fsp3) is 0.300. The molecule has 1 fully saturated rings. The summed E-state index contributed by atoms with van der Waals surface area (Å²) in [6.45, 7) is 4.11. The van der Waals surface area contributed by atoms with Gasteiger partial charge in [0, 0.05) is 0 Å². The molecule has 1 saturated heterocycles. The minimum Gasteiger partial charge on any atom is -0.271 e. The molecule has 2 aliphatic heterocycles. The summed E-state index contributed by atoms with van der Waals surface area (Å²) in [7, 11) is 0. The molecule has 0 unspecified atom stereocenters. The SMILES string of the molecule is CCc1ccc(N2C(=O)[C@H]3N=NN(c4ccccc4CC)[C@H]3C2=O)cc1. The van der Waals surface area contributed by atoms with Crippen molar-refractivity contribution in [2.45, 2.75) is 38.8 Å². The average Bonchev–Trinajstić information content (AvgIpc) is 3.22. The number of benzene rings is 2. The van der Waals surface area contributed by atoms with Crippen molar-refractivity contribution in [2.24, 2.45) is 10.3 Å². The van der Waals surface area contributed by atoms with E-state index >= 15 is 0 Å². The van der Waals surface area contributed by atoms with Gasteiger partial charge in [0.05, 0.1) is 11.4 Å². The fourth-order valence-electron chi connectivity index (χ4n) is 3.53. The van der Waals surface area contributed by atoms with Crippen LogP contribution >= 0.6 is 0 Å². The molecule has 0 radical (unpaired) electrons. The zero-order valence-electron chi connectivity index (χ0n) is 14.8. The number of nitrogens with zero attached hydrogens (tertiary/aromatic N) is 4. The summed E-state index contributed by atoms with van der Waals surface area (Å²) < 4.78 is 0. The van der Waals surface area contributed by atoms with E-state index in [4.69, 9.17) is 0 Å². The number of amides is 2. The molecule has 2 aliphatic rings. The molecule has 4 rings (SSSR count). The van der Waals surface area contributed by atoms with Crippen molar-refractivity contribution in [3.05, 3.63) is 59.7 Å². The minimum atomic E-state index is -0.779. The Morgan fingerprint density at radius 3 is 2.35 bits per heavy atom. The van der Waals surface area contributed by atoms with Crippen LogP contribution in [0.2, 0.25) is 0 Å². The molecule has 6 nitrogen and oxygen atoms in total. The van der Waals surface area contributed by atoms with Crippen LogP contribution in [0.3, 0.4) is 0 Å². The van der Waals surface area contributed by atoms with Crippen molar-refractivity contribution < 1.29 is 9.59 Å². The molecule has 0 aliphatic carbocycles. The van der Waals surface area contributed by atoms with Gasteiger partial charge in [-0.25, -0.2) is 9.91 Å². The Morgan fingerprint density at radius 2 is 1.65 bits per heavy atom. The summed E-state index contributed by atoms with van der Waals surface area (Å²) in [5.74, 6) is -0.593. The van der Waals surface area contributed by atoms with Crippen LogP contribution in [0, 0.1) is 0 Å². The van der Waals surface area contributed by atoms with E-state index in [9.17, 15) is 9.59 Å². The molecule has 0 bridgehead atoms. The maximum absolute atomic E-state index is 13.1. The van der Waals surface area contributed by atoms with Crippen molar-refractivity contribution in [2.75, 3.05) is 9.91 Å². The van der Waals surface area contributed by atoms with E-state index in [1.165, 1.54) is 4.90 Å². The highest BCUT2D eigenvalue weighted by Crippen LogP contribution is 2.36. The molecule has 2 atom stereocenters. The molecule has 2 aromatic carbocycles. The molecule has 6 heteroatoms. The number of anilines is 2. The summed E-state index contributed by atoms with van der Waals surface area (Å²) in [6.07, 6.45) is 1.72. The van der Waals surface area contributed by atoms with Crippen LogP contribution < -0.4 is 9.91 Å². The zero-order valence-corrected chi connectivity index (χ0v) is 14.8. The van der Waals surface area contributed by atoms with Crippen LogP contribution in [0.25, 0.3) is 0 Å². The molecule has 0 N–H and O–H groups in total. The van der Waals surface area contributed by atoms with Gasteiger partial charge in [-0.1, -0.05) is 49.4 Å². The molecule has 26 heavy (non-hydrogen) atoms. The van der Waals surface area contributed by atoms with Gasteiger partial charge in [0.15, 0.2) is 12.1 Å². The monoisotopic (exact) mass is 348 g/mol. The van der Waals surface area contributed by atoms with Gasteiger partial charge >= 0.3 is 0 Å². The standard InChI is InChI=1S/C20H20N4O2/c1-3-13-9-11-15(12-10-13)23-19(25)17-18(20(23)26)24(22-21-17)16-8-6-5-7-14(16)4-2/h5-12,17-18H,3-4H2,1-2H3/t17-,18+/m0/s1. The predicted octanol–water partition coefficient (Wildman–Crippen LogP) is 3.31. The van der Waals surface area contributed by atoms with Crippen LogP contribution in [0.5, 0.6) is 0 Å². The predicted molar refractivity (Wildman–Crippen MR) is 99.0 cm³/mol. The van der Waals surface area contributed by atoms with E-state index in [2.05, 4.69) is 17.3 Å². The third-order valence-electron chi connectivity index (χ3n) is 5.00. The van der Waals surface area contributed by atoms with Crippen LogP contribution in [0.1, 0.15) is 25.0 Å². The Morgan fingerprint density at radius 1 is 0.923 bits per heavy atom. The van der Waals surface area contributed by atoms with E-state index in [1.54, 1.807) is 5.01 Å². The topological polar surface area (TPSA) is 65.3 Å². The number of rotatable bonds is 4. The van der Waals surface area contributed by atoms with Crippen LogP contribution in [0.4, 0.5) is 11.4 Å². The van der Waals surface area contributed by atoms with E-state index in [0.717, 1.165) is 29.7 Å². The molecular formula is C20H20N4O2. The summed E-state index contributed by atoms with van der Waals surface area (Å²) in [5.41, 5.74) is 3.64. The number of fused-ring (bicyclic) bond motifs is 1. The molecular weight excluding hydrogens is 328 g/mol. The Bertz CT molecular complexity index is 891. The number of carbonyl (C=O) groups excluding carboxylic acids is 2. The summed E-state index contributed by atoms with van der Waals surface area (Å²) in [5, 5.41) is 9.86. The highest BCUT2D eigenvalue weighted by Gasteiger charge is 2.55. The highest BCUT2D eigenvalue weighted by molar-refractivity contribution is 6.26. The largest absolute Gasteiger partial charge is 0.271 e. The first-order valence-electron chi connectivity index (χ1n) is 8.90. The average molecular weight is 348 g/mol. The summed E-state index contributed by atoms with van der Waals surface area (Å²) >= 11 is 0. The molecule has 2 heterocycles. The maximum atomic E-state index is 13.1. The van der Waals surface area contributed by atoms with Gasteiger partial charge in [0.25, 0.3) is 11.8 Å². The Kier molecular flexibility index (Phi) is 4.03. The molecule has 2 aromatic rings. The quantitative estimate of drug-likeness (QED) is 0.796. The van der Waals surface area contributed by atoms with Crippen molar-refractivity contribution in [3.8, 4) is 0 Å². The van der Waals surface area contributed by atoms with Gasteiger partial charge < -0.3 is 0 Å². The number of hydrogen-bond acceptors (Lipinski definition) is 5. The molecule has 0 spiro atoms. The van der Waals surface area contributed by atoms with E-state index in [-0.39, 0.29) is 11.8 Å². The lowest BCUT2D eigenvalue weighted by atomic mass is 10.1. The summed E-state index contributed by atoms with van der Waals surface area (Å²) in [6, 6.07) is 13.8. The van der Waals surface area contributed by atoms with Gasteiger partial charge in [-0.15, -0.1) is 0 Å². The third kappa shape index (κ3) is 2.41. The number of aryl methyl sites for hydroxylation is 2. The van der Waals surface area contributed by atoms with Crippen LogP contribution in [0.15, 0.2) is 58.9 Å². The van der Waals surface area contributed by atoms with E-state index < -0.39 is 12.1 Å². The second-order valence-electron chi connectivity index (χ2n) is 6.45. The lowest BCUT2D eigenvalue weighted by molar-refractivity contribution is -0.121. The first kappa shape index (κ1) is 16.4. The van der Waals surface area contributed by atoms with E-state index in [1.807, 2.05) is 55.5 Å². The fourth-order valence-corrected chi connectivity index (χ4v) is 3.53. The number of imide groups is 1. The smallest absolute Gasteiger partial charge is 0.263 e. The van der Waals surface area contributed by atoms with Crippen LogP contribution in [-0.2, 0) is 22.4 Å². The second-order valence-corrected chi connectivity index (χ2v) is 6.45. The summed E-state index contributed by atoms with van der Waals surface area (Å²) in [4.78, 5) is 27.1. The van der Waals surface area contributed by atoms with Crippen LogP contribution in [-0.4, -0.2) is 23.9 Å². The second kappa shape index (κ2) is 6.37. The molecule has 0 aromatic heterocycles. The minimum absolute atomic E-state index is 0.278. The highest BCUT2D eigenvalue weighted by atomic mass is 16.2. The maximum Gasteiger partial charge on any atom is 0.263 e. The zero-order chi connectivity index (χ0) is 18.3. The lowest BCUT2D eigenvalue weighted by Gasteiger charge is -2.22. The molecule has 0 saturated carbocycles. The first-order valence-corrected chi connectivity index (χ1v) is 8.90. The van der Waals surface area contributed by atoms with Crippen molar-refractivity contribution in [1.29, 1.82) is 0 Å². The first-order chi connectivity index (χ1) is 12.7. The van der Waals surface area contributed by atoms with Gasteiger partial charge in [-0.05, 0) is 42.2 Å². The van der Waals surface area contributed by atoms with Crippen molar-refractivity contribution in [1.82, 2.24) is 0 Å². The Balaban J connectivity index is 1.69. The lowest BCUT2D eigenvalue weighted by Crippen LogP contribution is -2.40. The molecule has 132 valence electrons. The number of hydrogen-bond donors (Lipinski definition) is 0. The van der Waals surface area contributed by atoms with Gasteiger partial charge in [-0.3, -0.25) is 9.59 Å². The van der Waals surface area contributed by atoms with Gasteiger partial charge in [0.2, 0.25) is 0 Å². The van der Waals surface area contributed by atoms with E-state index in [0.29, 0.717) is 5.69 Å². The third-order valence-corrected chi connectivity index (χ3v) is 5.00. The van der Waals surface area contributed by atoms with Crippen molar-refractivity contribution in [3.63, 3.8) is 0 Å². The Labute approximate surface area is 152 Å². The Hall–Kier alpha value is -3.02. The van der Waals surface area contributed by atoms with Gasteiger partial charge in [0.1, 0.15) is 0 Å². The molecule has 2 amide bonds. The normalized spacial score (nSPS) is 21.6. The number of carbonyl (C=O) groups is 2. The van der Waals surface area contributed by atoms with Crippen molar-refractivity contribution >= 4 is 23.2 Å².